The minimum Gasteiger partial charge on any atom is -0.508 e. The van der Waals surface area contributed by atoms with Crippen LogP contribution in [0.2, 0.25) is 0 Å². The van der Waals surface area contributed by atoms with Gasteiger partial charge in [0.2, 0.25) is 5.91 Å². The van der Waals surface area contributed by atoms with Crippen LogP contribution in [0.5, 0.6) is 5.75 Å². The van der Waals surface area contributed by atoms with Gasteiger partial charge in [-0.25, -0.2) is 5.43 Å². The largest absolute Gasteiger partial charge is 0.508 e. The molecular weight excluding hydrogens is 412 g/mol. The Kier molecular flexibility index (Phi) is 7.26. The summed E-state index contributed by atoms with van der Waals surface area (Å²) in [6, 6.07) is 21.9. The zero-order valence-corrected chi connectivity index (χ0v) is 16.8. The number of aromatic hydroxyl groups is 1. The van der Waals surface area contributed by atoms with Crippen LogP contribution >= 0.6 is 0 Å². The number of carbonyl (C=O) groups is 2. The Labute approximate surface area is 183 Å². The molecule has 162 valence electrons. The smallest absolute Gasteiger partial charge is 0.278 e. The first kappa shape index (κ1) is 22.2. The fourth-order valence-corrected chi connectivity index (χ4v) is 3.08. The first-order valence-corrected chi connectivity index (χ1v) is 9.62. The molecule has 9 heteroatoms. The van der Waals surface area contributed by atoms with Crippen LogP contribution < -0.4 is 10.7 Å². The maximum atomic E-state index is 12.9. The molecule has 0 unspecified atom stereocenters. The first-order chi connectivity index (χ1) is 15.5. The molecule has 32 heavy (non-hydrogen) atoms. The average Bonchev–Trinajstić information content (AvgIpc) is 2.79. The van der Waals surface area contributed by atoms with Crippen LogP contribution in [0.25, 0.3) is 0 Å². The number of hydrogen-bond acceptors (Lipinski definition) is 6. The van der Waals surface area contributed by atoms with Crippen molar-refractivity contribution in [2.75, 3.05) is 6.54 Å². The standard InChI is InChI=1S/C23H20N4O5/c28-19-11-12-20(27(31)32)18(13-19)14-25-26-21(29)15-24-23(30)22(16-7-3-1-4-8-16)17-9-5-2-6-10-17/h1-14,22,28H,15H2,(H,24,30)(H,26,29). The van der Waals surface area contributed by atoms with Crippen LogP contribution in [0.15, 0.2) is 84.0 Å². The van der Waals surface area contributed by atoms with Gasteiger partial charge in [-0.2, -0.15) is 5.10 Å². The molecule has 0 saturated carbocycles. The van der Waals surface area contributed by atoms with Gasteiger partial charge in [0.1, 0.15) is 5.75 Å². The van der Waals surface area contributed by atoms with Gasteiger partial charge in [0.05, 0.1) is 29.2 Å². The molecule has 0 atom stereocenters. The van der Waals surface area contributed by atoms with Crippen LogP contribution in [0.3, 0.4) is 0 Å². The number of phenolic OH excluding ortho intramolecular Hbond substituents is 1. The van der Waals surface area contributed by atoms with Gasteiger partial charge in [-0.05, 0) is 23.3 Å². The van der Waals surface area contributed by atoms with Gasteiger partial charge in [0, 0.05) is 6.07 Å². The zero-order valence-electron chi connectivity index (χ0n) is 16.8. The van der Waals surface area contributed by atoms with Crippen molar-refractivity contribution in [3.8, 4) is 5.75 Å². The molecule has 0 aliphatic heterocycles. The van der Waals surface area contributed by atoms with E-state index in [1.54, 1.807) is 0 Å². The predicted molar refractivity (Wildman–Crippen MR) is 118 cm³/mol. The molecule has 0 aliphatic rings. The third kappa shape index (κ3) is 5.76. The Morgan fingerprint density at radius 2 is 1.59 bits per heavy atom. The highest BCUT2D eigenvalue weighted by Gasteiger charge is 2.22. The third-order valence-corrected chi connectivity index (χ3v) is 4.55. The van der Waals surface area contributed by atoms with E-state index in [0.29, 0.717) is 0 Å². The second kappa shape index (κ2) is 10.5. The summed E-state index contributed by atoms with van der Waals surface area (Å²) in [5.41, 5.74) is 3.51. The van der Waals surface area contributed by atoms with Gasteiger partial charge >= 0.3 is 0 Å². The van der Waals surface area contributed by atoms with E-state index in [2.05, 4.69) is 15.8 Å². The van der Waals surface area contributed by atoms with Crippen molar-refractivity contribution in [3.05, 3.63) is 106 Å². The Hall–Kier alpha value is -4.53. The Balaban J connectivity index is 1.64. The number of hydrogen-bond donors (Lipinski definition) is 3. The minimum atomic E-state index is -0.629. The number of carbonyl (C=O) groups excluding carboxylic acids is 2. The Morgan fingerprint density at radius 1 is 1.00 bits per heavy atom. The molecule has 3 aromatic rings. The fraction of sp³-hybridized carbons (Fsp3) is 0.0870. The van der Waals surface area contributed by atoms with Crippen molar-refractivity contribution >= 4 is 23.7 Å². The number of nitrogens with zero attached hydrogens (tertiary/aromatic N) is 2. The molecule has 0 spiro atoms. The molecule has 3 rings (SSSR count). The summed E-state index contributed by atoms with van der Waals surface area (Å²) < 4.78 is 0. The van der Waals surface area contributed by atoms with Crippen molar-refractivity contribution in [1.29, 1.82) is 0 Å². The van der Waals surface area contributed by atoms with E-state index in [1.165, 1.54) is 6.07 Å². The van der Waals surface area contributed by atoms with Crippen LogP contribution in [-0.2, 0) is 9.59 Å². The van der Waals surface area contributed by atoms with Gasteiger partial charge in [-0.3, -0.25) is 19.7 Å². The number of phenols is 1. The average molecular weight is 432 g/mol. The van der Waals surface area contributed by atoms with Crippen molar-refractivity contribution in [1.82, 2.24) is 10.7 Å². The molecule has 0 fully saturated rings. The zero-order chi connectivity index (χ0) is 22.9. The number of nitro benzene ring substituents is 1. The molecule has 0 saturated heterocycles. The second-order valence-corrected chi connectivity index (χ2v) is 6.77. The van der Waals surface area contributed by atoms with Crippen LogP contribution in [-0.4, -0.2) is 34.6 Å². The number of amides is 2. The van der Waals surface area contributed by atoms with E-state index < -0.39 is 16.7 Å². The van der Waals surface area contributed by atoms with Crippen molar-refractivity contribution in [2.24, 2.45) is 5.10 Å². The second-order valence-electron chi connectivity index (χ2n) is 6.77. The Bertz CT molecular complexity index is 1090. The van der Waals surface area contributed by atoms with E-state index in [-0.39, 0.29) is 29.5 Å². The van der Waals surface area contributed by atoms with E-state index in [9.17, 15) is 24.8 Å². The van der Waals surface area contributed by atoms with Crippen molar-refractivity contribution in [3.63, 3.8) is 0 Å². The summed E-state index contributed by atoms with van der Waals surface area (Å²) in [5.74, 6) is -1.74. The highest BCUT2D eigenvalue weighted by Crippen LogP contribution is 2.24. The molecule has 3 aromatic carbocycles. The monoisotopic (exact) mass is 432 g/mol. The molecule has 2 amide bonds. The van der Waals surface area contributed by atoms with E-state index in [1.807, 2.05) is 60.7 Å². The first-order valence-electron chi connectivity index (χ1n) is 9.62. The lowest BCUT2D eigenvalue weighted by atomic mass is 9.90. The number of rotatable bonds is 8. The SMILES string of the molecule is O=C(CNC(=O)C(c1ccccc1)c1ccccc1)NN=Cc1cc(O)ccc1[N+](=O)[O-]. The quantitative estimate of drug-likeness (QED) is 0.286. The van der Waals surface area contributed by atoms with Crippen LogP contribution in [0, 0.1) is 10.1 Å². The highest BCUT2D eigenvalue weighted by atomic mass is 16.6. The molecule has 0 aromatic heterocycles. The molecule has 3 N–H and O–H groups in total. The van der Waals surface area contributed by atoms with Gasteiger partial charge in [0.25, 0.3) is 11.6 Å². The van der Waals surface area contributed by atoms with Crippen LogP contribution in [0.1, 0.15) is 22.6 Å². The van der Waals surface area contributed by atoms with Gasteiger partial charge in [-0.15, -0.1) is 0 Å². The molecule has 0 heterocycles. The lowest BCUT2D eigenvalue weighted by molar-refractivity contribution is -0.385. The maximum Gasteiger partial charge on any atom is 0.278 e. The topological polar surface area (TPSA) is 134 Å². The third-order valence-electron chi connectivity index (χ3n) is 4.55. The van der Waals surface area contributed by atoms with Crippen LogP contribution in [0.4, 0.5) is 5.69 Å². The Morgan fingerprint density at radius 3 is 2.16 bits per heavy atom. The van der Waals surface area contributed by atoms with E-state index in [0.717, 1.165) is 29.5 Å². The van der Waals surface area contributed by atoms with E-state index in [4.69, 9.17) is 0 Å². The van der Waals surface area contributed by atoms with E-state index >= 15 is 0 Å². The molecule has 0 bridgehead atoms. The molecule has 9 nitrogen and oxygen atoms in total. The van der Waals surface area contributed by atoms with Gasteiger partial charge in [0.15, 0.2) is 0 Å². The summed E-state index contributed by atoms with van der Waals surface area (Å²) in [5, 5.41) is 26.8. The summed E-state index contributed by atoms with van der Waals surface area (Å²) in [6.45, 7) is -0.339. The normalized spacial score (nSPS) is 10.8. The van der Waals surface area contributed by atoms with Crippen molar-refractivity contribution < 1.29 is 19.6 Å². The van der Waals surface area contributed by atoms with Gasteiger partial charge in [-0.1, -0.05) is 60.7 Å². The predicted octanol–water partition coefficient (Wildman–Crippen LogP) is 2.70. The molecular formula is C23H20N4O5. The summed E-state index contributed by atoms with van der Waals surface area (Å²) in [6.07, 6.45) is 1.05. The number of nitro groups is 1. The molecule has 0 aliphatic carbocycles. The lowest BCUT2D eigenvalue weighted by Gasteiger charge is -2.17. The summed E-state index contributed by atoms with van der Waals surface area (Å²) in [4.78, 5) is 35.4. The summed E-state index contributed by atoms with van der Waals surface area (Å²) >= 11 is 0. The highest BCUT2D eigenvalue weighted by molar-refractivity contribution is 5.91. The molecule has 0 radical (unpaired) electrons. The van der Waals surface area contributed by atoms with Crippen molar-refractivity contribution in [2.45, 2.75) is 5.92 Å². The lowest BCUT2D eigenvalue weighted by Crippen LogP contribution is -2.37. The number of nitrogens with one attached hydrogen (secondary N) is 2. The maximum absolute atomic E-state index is 12.9. The number of benzene rings is 3. The summed E-state index contributed by atoms with van der Waals surface area (Å²) in [7, 11) is 0. The fourth-order valence-electron chi connectivity index (χ4n) is 3.08. The number of hydrazone groups is 1. The van der Waals surface area contributed by atoms with Gasteiger partial charge < -0.3 is 10.4 Å². The minimum absolute atomic E-state index is 0.0209.